The molecular formula is C19H24N2O2. The number of amides is 1. The Morgan fingerprint density at radius 1 is 1.26 bits per heavy atom. The number of nitrogens with zero attached hydrogens (tertiary/aromatic N) is 1. The number of nitrogens with one attached hydrogen (secondary N) is 1. The van der Waals surface area contributed by atoms with Crippen LogP contribution in [0.1, 0.15) is 42.1 Å². The Balaban J connectivity index is 1.58. The monoisotopic (exact) mass is 312 g/mol. The van der Waals surface area contributed by atoms with E-state index in [0.717, 1.165) is 25.8 Å². The zero-order valence-corrected chi connectivity index (χ0v) is 13.5. The smallest absolute Gasteiger partial charge is 0.251 e. The topological polar surface area (TPSA) is 54.3 Å². The second kappa shape index (κ2) is 7.01. The van der Waals surface area contributed by atoms with E-state index in [0.29, 0.717) is 11.5 Å². The molecule has 0 saturated heterocycles. The highest BCUT2D eigenvalue weighted by Crippen LogP contribution is 2.31. The summed E-state index contributed by atoms with van der Waals surface area (Å²) in [4.78, 5) is 12.4. The number of hydrogen-bond donors (Lipinski definition) is 2. The number of carbonyl (C=O) groups excluding carboxylic acids is 1. The quantitative estimate of drug-likeness (QED) is 0.862. The van der Waals surface area contributed by atoms with Crippen molar-refractivity contribution in [2.45, 2.75) is 44.9 Å². The number of hydrogen-bond acceptors (Lipinski definition) is 2. The van der Waals surface area contributed by atoms with Crippen LogP contribution in [0.2, 0.25) is 0 Å². The summed E-state index contributed by atoms with van der Waals surface area (Å²) in [7, 11) is 0. The lowest BCUT2D eigenvalue weighted by Gasteiger charge is -2.37. The van der Waals surface area contributed by atoms with Gasteiger partial charge in [0.1, 0.15) is 0 Å². The second-order valence-corrected chi connectivity index (χ2v) is 6.43. The standard InChI is InChI=1S/C19H24N2O2/c1-2-18(16-11-17(22)12-16)20-19(23)15-7-5-14(6-8-15)13-21-9-3-4-10-21/h3-10,16-18,22H,2,11-13H2,1H3,(H,20,23). The summed E-state index contributed by atoms with van der Waals surface area (Å²) in [6.45, 7) is 2.89. The summed E-state index contributed by atoms with van der Waals surface area (Å²) < 4.78 is 2.10. The van der Waals surface area contributed by atoms with Gasteiger partial charge in [-0.2, -0.15) is 0 Å². The van der Waals surface area contributed by atoms with Crippen molar-refractivity contribution in [2.24, 2.45) is 5.92 Å². The third-order valence-corrected chi connectivity index (χ3v) is 4.72. The Bertz CT molecular complexity index is 628. The minimum atomic E-state index is -0.182. The summed E-state index contributed by atoms with van der Waals surface area (Å²) >= 11 is 0. The molecule has 1 unspecified atom stereocenters. The van der Waals surface area contributed by atoms with Crippen LogP contribution in [0.4, 0.5) is 0 Å². The highest BCUT2D eigenvalue weighted by atomic mass is 16.3. The molecule has 2 N–H and O–H groups in total. The molecule has 1 aliphatic rings. The molecule has 1 fully saturated rings. The molecule has 1 saturated carbocycles. The fourth-order valence-corrected chi connectivity index (χ4v) is 3.21. The van der Waals surface area contributed by atoms with Gasteiger partial charge in [0.05, 0.1) is 6.10 Å². The van der Waals surface area contributed by atoms with Gasteiger partial charge in [0.2, 0.25) is 0 Å². The van der Waals surface area contributed by atoms with Crippen LogP contribution in [0.5, 0.6) is 0 Å². The second-order valence-electron chi connectivity index (χ2n) is 6.43. The number of benzene rings is 1. The van der Waals surface area contributed by atoms with Gasteiger partial charge in [0.25, 0.3) is 5.91 Å². The first-order valence-corrected chi connectivity index (χ1v) is 8.34. The van der Waals surface area contributed by atoms with Gasteiger partial charge in [-0.1, -0.05) is 19.1 Å². The van der Waals surface area contributed by atoms with E-state index >= 15 is 0 Å². The third-order valence-electron chi connectivity index (χ3n) is 4.72. The Kier molecular flexibility index (Phi) is 4.82. The molecule has 0 spiro atoms. The van der Waals surface area contributed by atoms with Gasteiger partial charge >= 0.3 is 0 Å². The van der Waals surface area contributed by atoms with Gasteiger partial charge in [-0.25, -0.2) is 0 Å². The lowest BCUT2D eigenvalue weighted by atomic mass is 9.76. The lowest BCUT2D eigenvalue weighted by molar-refractivity contribution is 0.0232. The highest BCUT2D eigenvalue weighted by molar-refractivity contribution is 5.94. The summed E-state index contributed by atoms with van der Waals surface area (Å²) in [6, 6.07) is 11.9. The predicted octanol–water partition coefficient (Wildman–Crippen LogP) is 2.82. The van der Waals surface area contributed by atoms with E-state index < -0.39 is 0 Å². The molecule has 1 aromatic carbocycles. The molecule has 1 heterocycles. The fraction of sp³-hybridized carbons (Fsp3) is 0.421. The molecule has 23 heavy (non-hydrogen) atoms. The average molecular weight is 312 g/mol. The van der Waals surface area contributed by atoms with Gasteiger partial charge in [0, 0.05) is 30.5 Å². The first kappa shape index (κ1) is 15.8. The van der Waals surface area contributed by atoms with Crippen molar-refractivity contribution in [3.05, 3.63) is 59.9 Å². The molecule has 1 aliphatic carbocycles. The lowest BCUT2D eigenvalue weighted by Crippen LogP contribution is -2.46. The summed E-state index contributed by atoms with van der Waals surface area (Å²) in [6.07, 6.45) is 6.37. The van der Waals surface area contributed by atoms with E-state index in [2.05, 4.69) is 16.8 Å². The van der Waals surface area contributed by atoms with Crippen molar-refractivity contribution in [2.75, 3.05) is 0 Å². The van der Waals surface area contributed by atoms with Crippen molar-refractivity contribution < 1.29 is 9.90 Å². The molecule has 1 aromatic heterocycles. The molecule has 122 valence electrons. The number of aliphatic hydroxyl groups excluding tert-OH is 1. The first-order chi connectivity index (χ1) is 11.2. The van der Waals surface area contributed by atoms with Gasteiger partial charge in [-0.3, -0.25) is 4.79 Å². The molecule has 2 aromatic rings. The van der Waals surface area contributed by atoms with Crippen molar-refractivity contribution in [1.29, 1.82) is 0 Å². The van der Waals surface area contributed by atoms with Crippen LogP contribution in [-0.4, -0.2) is 27.7 Å². The Morgan fingerprint density at radius 3 is 2.48 bits per heavy atom. The molecule has 4 nitrogen and oxygen atoms in total. The molecule has 1 amide bonds. The maximum Gasteiger partial charge on any atom is 0.251 e. The van der Waals surface area contributed by atoms with Crippen LogP contribution in [0.3, 0.4) is 0 Å². The van der Waals surface area contributed by atoms with E-state index in [4.69, 9.17) is 0 Å². The Morgan fingerprint density at radius 2 is 1.91 bits per heavy atom. The third kappa shape index (κ3) is 3.82. The predicted molar refractivity (Wildman–Crippen MR) is 90.3 cm³/mol. The van der Waals surface area contributed by atoms with Crippen LogP contribution in [0.25, 0.3) is 0 Å². The van der Waals surface area contributed by atoms with Crippen LogP contribution >= 0.6 is 0 Å². The number of carbonyl (C=O) groups is 1. The van der Waals surface area contributed by atoms with Crippen molar-refractivity contribution in [3.63, 3.8) is 0 Å². The zero-order chi connectivity index (χ0) is 16.2. The van der Waals surface area contributed by atoms with E-state index in [-0.39, 0.29) is 18.1 Å². The fourth-order valence-electron chi connectivity index (χ4n) is 3.21. The highest BCUT2D eigenvalue weighted by Gasteiger charge is 2.33. The van der Waals surface area contributed by atoms with Gasteiger partial charge in [-0.05, 0) is 55.0 Å². The first-order valence-electron chi connectivity index (χ1n) is 8.34. The number of aliphatic hydroxyl groups is 1. The van der Waals surface area contributed by atoms with E-state index in [1.165, 1.54) is 5.56 Å². The molecule has 3 rings (SSSR count). The summed E-state index contributed by atoms with van der Waals surface area (Å²) in [5.41, 5.74) is 1.87. The zero-order valence-electron chi connectivity index (χ0n) is 13.5. The van der Waals surface area contributed by atoms with Crippen LogP contribution < -0.4 is 5.32 Å². The number of aromatic nitrogens is 1. The summed E-state index contributed by atoms with van der Waals surface area (Å²) in [5, 5.41) is 12.6. The molecular weight excluding hydrogens is 288 g/mol. The van der Waals surface area contributed by atoms with Crippen molar-refractivity contribution in [1.82, 2.24) is 9.88 Å². The molecule has 0 radical (unpaired) electrons. The molecule has 1 atom stereocenters. The maximum atomic E-state index is 12.4. The van der Waals surface area contributed by atoms with E-state index in [9.17, 15) is 9.90 Å². The summed E-state index contributed by atoms with van der Waals surface area (Å²) in [5.74, 6) is 0.387. The van der Waals surface area contributed by atoms with Crippen LogP contribution in [-0.2, 0) is 6.54 Å². The molecule has 0 aliphatic heterocycles. The molecule has 4 heteroatoms. The van der Waals surface area contributed by atoms with Gasteiger partial charge in [-0.15, -0.1) is 0 Å². The molecule has 0 bridgehead atoms. The van der Waals surface area contributed by atoms with Crippen molar-refractivity contribution in [3.8, 4) is 0 Å². The van der Waals surface area contributed by atoms with Crippen LogP contribution in [0.15, 0.2) is 48.8 Å². The van der Waals surface area contributed by atoms with Crippen molar-refractivity contribution >= 4 is 5.91 Å². The minimum absolute atomic E-state index is 0.0225. The minimum Gasteiger partial charge on any atom is -0.393 e. The van der Waals surface area contributed by atoms with Crippen LogP contribution in [0, 0.1) is 5.92 Å². The average Bonchev–Trinajstić information content (AvgIpc) is 3.03. The van der Waals surface area contributed by atoms with Gasteiger partial charge in [0.15, 0.2) is 0 Å². The number of rotatable bonds is 6. The van der Waals surface area contributed by atoms with E-state index in [1.807, 2.05) is 48.8 Å². The van der Waals surface area contributed by atoms with E-state index in [1.54, 1.807) is 0 Å². The Labute approximate surface area is 137 Å². The SMILES string of the molecule is CCC(NC(=O)c1ccc(Cn2cccc2)cc1)C1CC(O)C1. The largest absolute Gasteiger partial charge is 0.393 e. The maximum absolute atomic E-state index is 12.4. The van der Waals surface area contributed by atoms with Gasteiger partial charge < -0.3 is 15.0 Å². The normalized spacial score (nSPS) is 21.5. The Hall–Kier alpha value is -2.07.